The molecular formula is C45H87NO8. The standard InChI is InChI=1S/C45H87NO8/c1-3-5-7-9-11-13-15-17-19-21-23-25-27-29-31-33-35-41(49)46-38(37-53-45-44(52)43(51)42(50)40(36-47)54-45)39(48)34-32-30-28-26-24-22-20-18-16-14-12-10-8-6-4-2/h19,21,38-40,42-45,47-48,50-52H,3-18,20,22-37H2,1-2H3,(H,46,49)/b21-19-. The van der Waals surface area contributed by atoms with Crippen molar-refractivity contribution in [3.05, 3.63) is 12.2 Å². The number of carbonyl (C=O) groups excluding carboxylic acids is 1. The highest BCUT2D eigenvalue weighted by Gasteiger charge is 2.44. The van der Waals surface area contributed by atoms with Crippen molar-refractivity contribution >= 4 is 5.91 Å². The fraction of sp³-hybridized carbons (Fsp3) is 0.933. The van der Waals surface area contributed by atoms with Gasteiger partial charge in [-0.2, -0.15) is 0 Å². The van der Waals surface area contributed by atoms with E-state index in [-0.39, 0.29) is 12.5 Å². The number of rotatable bonds is 38. The van der Waals surface area contributed by atoms with Crippen LogP contribution in [0.5, 0.6) is 0 Å². The van der Waals surface area contributed by atoms with Gasteiger partial charge in [-0.1, -0.05) is 180 Å². The van der Waals surface area contributed by atoms with Crippen LogP contribution in [0.2, 0.25) is 0 Å². The van der Waals surface area contributed by atoms with E-state index in [9.17, 15) is 30.3 Å². The number of carbonyl (C=O) groups is 1. The number of hydrogen-bond acceptors (Lipinski definition) is 8. The van der Waals surface area contributed by atoms with Gasteiger partial charge in [-0.3, -0.25) is 4.79 Å². The van der Waals surface area contributed by atoms with Gasteiger partial charge in [-0.05, 0) is 38.5 Å². The van der Waals surface area contributed by atoms with Gasteiger partial charge >= 0.3 is 0 Å². The molecule has 0 aromatic heterocycles. The Morgan fingerprint density at radius 1 is 0.611 bits per heavy atom. The maximum Gasteiger partial charge on any atom is 0.220 e. The molecule has 9 nitrogen and oxygen atoms in total. The predicted molar refractivity (Wildman–Crippen MR) is 221 cm³/mol. The van der Waals surface area contributed by atoms with Crippen LogP contribution in [0, 0.1) is 0 Å². The first-order chi connectivity index (χ1) is 26.3. The summed E-state index contributed by atoms with van der Waals surface area (Å²) < 4.78 is 11.2. The number of allylic oxidation sites excluding steroid dienone is 2. The number of aliphatic hydroxyl groups is 5. The van der Waals surface area contributed by atoms with E-state index >= 15 is 0 Å². The molecule has 7 atom stereocenters. The number of amides is 1. The first kappa shape index (κ1) is 50.9. The lowest BCUT2D eigenvalue weighted by molar-refractivity contribution is -0.302. The molecule has 320 valence electrons. The first-order valence-electron chi connectivity index (χ1n) is 22.9. The Labute approximate surface area is 331 Å². The van der Waals surface area contributed by atoms with Crippen molar-refractivity contribution in [1.29, 1.82) is 0 Å². The first-order valence-corrected chi connectivity index (χ1v) is 22.9. The molecule has 0 aliphatic carbocycles. The van der Waals surface area contributed by atoms with Crippen molar-refractivity contribution in [2.24, 2.45) is 0 Å². The zero-order chi connectivity index (χ0) is 39.5. The van der Waals surface area contributed by atoms with Crippen LogP contribution in [0.25, 0.3) is 0 Å². The molecule has 1 aliphatic heterocycles. The molecule has 9 heteroatoms. The Morgan fingerprint density at radius 2 is 1.04 bits per heavy atom. The summed E-state index contributed by atoms with van der Waals surface area (Å²) in [4.78, 5) is 13.0. The zero-order valence-corrected chi connectivity index (χ0v) is 35.0. The quantitative estimate of drug-likeness (QED) is 0.0269. The van der Waals surface area contributed by atoms with Crippen LogP contribution in [0.1, 0.15) is 213 Å². The van der Waals surface area contributed by atoms with Crippen molar-refractivity contribution in [3.8, 4) is 0 Å². The van der Waals surface area contributed by atoms with Crippen molar-refractivity contribution in [2.45, 2.75) is 256 Å². The van der Waals surface area contributed by atoms with E-state index in [0.717, 1.165) is 51.4 Å². The summed E-state index contributed by atoms with van der Waals surface area (Å²) in [5.41, 5.74) is 0. The summed E-state index contributed by atoms with van der Waals surface area (Å²) in [6.07, 6.45) is 33.5. The van der Waals surface area contributed by atoms with Gasteiger partial charge in [0, 0.05) is 6.42 Å². The summed E-state index contributed by atoms with van der Waals surface area (Å²) >= 11 is 0. The third kappa shape index (κ3) is 26.7. The third-order valence-corrected chi connectivity index (χ3v) is 11.1. The number of nitrogens with one attached hydrogen (secondary N) is 1. The second-order valence-electron chi connectivity index (χ2n) is 16.2. The van der Waals surface area contributed by atoms with Crippen LogP contribution in [-0.2, 0) is 14.3 Å². The van der Waals surface area contributed by atoms with Gasteiger partial charge in [0.1, 0.15) is 24.4 Å². The lowest BCUT2D eigenvalue weighted by atomic mass is 9.99. The Morgan fingerprint density at radius 3 is 1.50 bits per heavy atom. The van der Waals surface area contributed by atoms with Crippen LogP contribution in [-0.4, -0.2) is 87.5 Å². The summed E-state index contributed by atoms with van der Waals surface area (Å²) in [5, 5.41) is 54.3. The SMILES string of the molecule is CCCCCCCCC/C=C\CCCCCCCC(=O)NC(COC1OC(CO)C(O)C(O)C1O)C(O)CCCCCCCCCCCCCCCCC. The van der Waals surface area contributed by atoms with E-state index in [4.69, 9.17) is 9.47 Å². The van der Waals surface area contributed by atoms with E-state index in [1.807, 2.05) is 0 Å². The molecule has 1 aliphatic rings. The molecule has 0 bridgehead atoms. The van der Waals surface area contributed by atoms with E-state index in [1.54, 1.807) is 0 Å². The molecular weight excluding hydrogens is 682 g/mol. The van der Waals surface area contributed by atoms with Gasteiger partial charge in [-0.25, -0.2) is 0 Å². The average molecular weight is 770 g/mol. The summed E-state index contributed by atoms with van der Waals surface area (Å²) in [5.74, 6) is -0.152. The highest BCUT2D eigenvalue weighted by Crippen LogP contribution is 2.23. The molecule has 0 saturated carbocycles. The Balaban J connectivity index is 2.34. The molecule has 0 spiro atoms. The zero-order valence-electron chi connectivity index (χ0n) is 35.0. The molecule has 0 radical (unpaired) electrons. The molecule has 6 N–H and O–H groups in total. The van der Waals surface area contributed by atoms with Gasteiger partial charge < -0.3 is 40.3 Å². The van der Waals surface area contributed by atoms with Gasteiger partial charge in [0.2, 0.25) is 5.91 Å². The monoisotopic (exact) mass is 770 g/mol. The number of unbranched alkanes of at least 4 members (excludes halogenated alkanes) is 26. The molecule has 1 heterocycles. The molecule has 54 heavy (non-hydrogen) atoms. The summed E-state index contributed by atoms with van der Waals surface area (Å²) in [6, 6.07) is -0.718. The second kappa shape index (κ2) is 36.3. The molecule has 0 aromatic rings. The Kier molecular flexibility index (Phi) is 34.2. The van der Waals surface area contributed by atoms with Crippen LogP contribution >= 0.6 is 0 Å². The van der Waals surface area contributed by atoms with Crippen LogP contribution in [0.4, 0.5) is 0 Å². The fourth-order valence-electron chi connectivity index (χ4n) is 7.39. The van der Waals surface area contributed by atoms with Crippen molar-refractivity contribution < 1.29 is 39.8 Å². The molecule has 1 fully saturated rings. The number of hydrogen-bond donors (Lipinski definition) is 6. The maximum absolute atomic E-state index is 13.0. The molecule has 7 unspecified atom stereocenters. The fourth-order valence-corrected chi connectivity index (χ4v) is 7.39. The summed E-state index contributed by atoms with van der Waals surface area (Å²) in [7, 11) is 0. The van der Waals surface area contributed by atoms with Crippen LogP contribution < -0.4 is 5.32 Å². The van der Waals surface area contributed by atoms with E-state index < -0.39 is 49.5 Å². The molecule has 1 saturated heterocycles. The lowest BCUT2D eigenvalue weighted by Gasteiger charge is -2.40. The molecule has 1 rings (SSSR count). The minimum Gasteiger partial charge on any atom is -0.394 e. The van der Waals surface area contributed by atoms with Crippen molar-refractivity contribution in [2.75, 3.05) is 13.2 Å². The number of ether oxygens (including phenoxy) is 2. The van der Waals surface area contributed by atoms with Crippen LogP contribution in [0.15, 0.2) is 12.2 Å². The normalized spacial score (nSPS) is 21.5. The van der Waals surface area contributed by atoms with E-state index in [0.29, 0.717) is 12.8 Å². The van der Waals surface area contributed by atoms with Crippen molar-refractivity contribution in [1.82, 2.24) is 5.32 Å². The largest absolute Gasteiger partial charge is 0.394 e. The second-order valence-corrected chi connectivity index (χ2v) is 16.2. The maximum atomic E-state index is 13.0. The molecule has 1 amide bonds. The smallest absolute Gasteiger partial charge is 0.220 e. The van der Waals surface area contributed by atoms with Gasteiger partial charge in [0.05, 0.1) is 25.4 Å². The van der Waals surface area contributed by atoms with Gasteiger partial charge in [0.25, 0.3) is 0 Å². The minimum atomic E-state index is -1.55. The average Bonchev–Trinajstić information content (AvgIpc) is 3.17. The van der Waals surface area contributed by atoms with Gasteiger partial charge in [0.15, 0.2) is 6.29 Å². The minimum absolute atomic E-state index is 0.138. The summed E-state index contributed by atoms with van der Waals surface area (Å²) in [6.45, 7) is 3.83. The Bertz CT molecular complexity index is 858. The lowest BCUT2D eigenvalue weighted by Crippen LogP contribution is -2.60. The predicted octanol–water partition coefficient (Wildman–Crippen LogP) is 9.34. The van der Waals surface area contributed by atoms with E-state index in [1.165, 1.54) is 135 Å². The highest BCUT2D eigenvalue weighted by atomic mass is 16.7. The van der Waals surface area contributed by atoms with Crippen molar-refractivity contribution in [3.63, 3.8) is 0 Å². The van der Waals surface area contributed by atoms with Crippen LogP contribution in [0.3, 0.4) is 0 Å². The highest BCUT2D eigenvalue weighted by molar-refractivity contribution is 5.76. The topological polar surface area (TPSA) is 149 Å². The third-order valence-electron chi connectivity index (χ3n) is 11.1. The molecule has 0 aromatic carbocycles. The van der Waals surface area contributed by atoms with E-state index in [2.05, 4.69) is 31.3 Å². The number of aliphatic hydroxyl groups excluding tert-OH is 5. The van der Waals surface area contributed by atoms with Gasteiger partial charge in [-0.15, -0.1) is 0 Å². The Hall–Kier alpha value is -1.07.